The lowest BCUT2D eigenvalue weighted by molar-refractivity contribution is -0.129. The molecular weight excluding hydrogens is 446 g/mol. The van der Waals surface area contributed by atoms with Crippen LogP contribution in [-0.2, 0) is 4.79 Å². The molecule has 0 radical (unpaired) electrons. The smallest absolute Gasteiger partial charge is 0.229 e. The molecule has 0 aromatic heterocycles. The number of fused-ring (bicyclic) bond motifs is 1. The molecular formula is C24H24ClN3O3S. The molecule has 0 bridgehead atoms. The van der Waals surface area contributed by atoms with Crippen molar-refractivity contribution in [1.82, 2.24) is 4.90 Å². The first kappa shape index (κ1) is 22.4. The van der Waals surface area contributed by atoms with Crippen LogP contribution in [0, 0.1) is 18.3 Å². The van der Waals surface area contributed by atoms with E-state index in [9.17, 15) is 10.1 Å². The minimum Gasteiger partial charge on any atom is -0.493 e. The number of methoxy groups -OCH3 is 1. The number of halogens is 1. The molecule has 4 rings (SSSR count). The van der Waals surface area contributed by atoms with Gasteiger partial charge in [-0.15, -0.1) is 0 Å². The van der Waals surface area contributed by atoms with Crippen LogP contribution < -0.4 is 14.4 Å². The molecule has 6 nitrogen and oxygen atoms in total. The molecule has 0 aliphatic carbocycles. The molecule has 2 aliphatic heterocycles. The minimum atomic E-state index is -0.309. The van der Waals surface area contributed by atoms with Crippen LogP contribution in [0.3, 0.4) is 0 Å². The summed E-state index contributed by atoms with van der Waals surface area (Å²) in [7, 11) is 1.59. The van der Waals surface area contributed by atoms with Gasteiger partial charge in [0, 0.05) is 23.0 Å². The molecule has 0 saturated carbocycles. The third-order valence-electron chi connectivity index (χ3n) is 5.70. The van der Waals surface area contributed by atoms with E-state index in [1.54, 1.807) is 12.0 Å². The van der Waals surface area contributed by atoms with Gasteiger partial charge >= 0.3 is 0 Å². The van der Waals surface area contributed by atoms with Crippen molar-refractivity contribution in [2.45, 2.75) is 26.2 Å². The molecule has 1 fully saturated rings. The Bertz CT molecular complexity index is 1130. The van der Waals surface area contributed by atoms with E-state index in [-0.39, 0.29) is 18.2 Å². The summed E-state index contributed by atoms with van der Waals surface area (Å²) in [4.78, 5) is 17.0. The average molecular weight is 470 g/mol. The number of carbonyl (C=O) groups is 1. The Morgan fingerprint density at radius 1 is 1.25 bits per heavy atom. The number of aryl methyl sites for hydroxylation is 1. The molecule has 32 heavy (non-hydrogen) atoms. The summed E-state index contributed by atoms with van der Waals surface area (Å²) in [5.74, 6) is 1.56. The molecule has 1 atom stereocenters. The normalized spacial score (nSPS) is 18.3. The lowest BCUT2D eigenvalue weighted by Crippen LogP contribution is -2.47. The highest BCUT2D eigenvalue weighted by Gasteiger charge is 2.38. The van der Waals surface area contributed by atoms with Crippen molar-refractivity contribution in [1.29, 1.82) is 5.26 Å². The van der Waals surface area contributed by atoms with E-state index in [1.807, 2.05) is 50.2 Å². The number of ether oxygens (including phenoxy) is 2. The fraction of sp³-hybridized carbons (Fsp3) is 0.333. The second kappa shape index (κ2) is 9.35. The average Bonchev–Trinajstić information content (AvgIpc) is 2.81. The first-order valence-electron chi connectivity index (χ1n) is 10.4. The van der Waals surface area contributed by atoms with Gasteiger partial charge < -0.3 is 14.4 Å². The van der Waals surface area contributed by atoms with Gasteiger partial charge in [-0.05, 0) is 49.2 Å². The third-order valence-corrected chi connectivity index (χ3v) is 7.27. The predicted octanol–water partition coefficient (Wildman–Crippen LogP) is 5.28. The van der Waals surface area contributed by atoms with Gasteiger partial charge in [0.2, 0.25) is 5.91 Å². The topological polar surface area (TPSA) is 65.8 Å². The molecule has 166 valence electrons. The first-order valence-corrected chi connectivity index (χ1v) is 11.7. The second-order valence-corrected chi connectivity index (χ2v) is 8.98. The van der Waals surface area contributed by atoms with Crippen LogP contribution in [0.5, 0.6) is 11.5 Å². The zero-order chi connectivity index (χ0) is 22.8. The zero-order valence-electron chi connectivity index (χ0n) is 18.2. The predicted molar refractivity (Wildman–Crippen MR) is 127 cm³/mol. The lowest BCUT2D eigenvalue weighted by atomic mass is 9.86. The van der Waals surface area contributed by atoms with Crippen molar-refractivity contribution in [3.05, 3.63) is 63.1 Å². The highest BCUT2D eigenvalue weighted by Crippen LogP contribution is 2.44. The van der Waals surface area contributed by atoms with Crippen LogP contribution in [0.25, 0.3) is 0 Å². The summed E-state index contributed by atoms with van der Waals surface area (Å²) >= 11 is 7.81. The quantitative estimate of drug-likeness (QED) is 0.594. The Hall–Kier alpha value is -2.82. The number of benzene rings is 2. The highest BCUT2D eigenvalue weighted by molar-refractivity contribution is 8.03. The maximum Gasteiger partial charge on any atom is 0.229 e. The van der Waals surface area contributed by atoms with E-state index in [0.717, 1.165) is 21.8 Å². The second-order valence-electron chi connectivity index (χ2n) is 7.64. The molecule has 0 spiro atoms. The molecule has 8 heteroatoms. The molecule has 1 saturated heterocycles. The summed E-state index contributed by atoms with van der Waals surface area (Å²) in [6.07, 6.45) is 0.229. The summed E-state index contributed by atoms with van der Waals surface area (Å²) in [5.41, 5.74) is 3.45. The van der Waals surface area contributed by atoms with Gasteiger partial charge in [-0.1, -0.05) is 35.5 Å². The Kier molecular flexibility index (Phi) is 6.54. The number of amides is 1. The van der Waals surface area contributed by atoms with Crippen molar-refractivity contribution in [2.24, 2.45) is 0 Å². The van der Waals surface area contributed by atoms with Crippen LogP contribution >= 0.6 is 23.4 Å². The third kappa shape index (κ3) is 4.13. The number of allylic oxidation sites excluding steroid dienone is 1. The fourth-order valence-electron chi connectivity index (χ4n) is 3.96. The van der Waals surface area contributed by atoms with Gasteiger partial charge in [-0.3, -0.25) is 9.69 Å². The summed E-state index contributed by atoms with van der Waals surface area (Å²) in [6, 6.07) is 13.9. The van der Waals surface area contributed by atoms with Crippen LogP contribution in [0.15, 0.2) is 47.0 Å². The number of anilines is 1. The van der Waals surface area contributed by atoms with Crippen molar-refractivity contribution in [2.75, 3.05) is 31.2 Å². The number of hydrogen-bond acceptors (Lipinski definition) is 6. The van der Waals surface area contributed by atoms with E-state index in [2.05, 4.69) is 11.0 Å². The van der Waals surface area contributed by atoms with Gasteiger partial charge in [0.1, 0.15) is 0 Å². The molecule has 2 aromatic rings. The van der Waals surface area contributed by atoms with E-state index < -0.39 is 0 Å². The standard InChI is InChI=1S/C24H24ClN3O3S/c1-4-31-21-8-6-16(9-22(21)30-3)18-11-23(29)28-13-27(14-32-24(28)19(18)12-26)17-7-5-15(2)20(25)10-17/h5-10,18H,4,11,13-14H2,1-3H3/t18-/m0/s1. The summed E-state index contributed by atoms with van der Waals surface area (Å²) in [5, 5.41) is 11.4. The van der Waals surface area contributed by atoms with Crippen LogP contribution in [0.1, 0.15) is 30.4 Å². The SMILES string of the molecule is CCOc1ccc([C@@H]2CC(=O)N3CN(c4ccc(C)c(Cl)c4)CSC3=C2C#N)cc1OC. The van der Waals surface area contributed by atoms with E-state index in [1.165, 1.54) is 11.8 Å². The number of carbonyl (C=O) groups excluding carboxylic acids is 1. The molecule has 2 aromatic carbocycles. The van der Waals surface area contributed by atoms with Gasteiger partial charge in [0.15, 0.2) is 11.5 Å². The number of hydrogen-bond donors (Lipinski definition) is 0. The first-order chi connectivity index (χ1) is 15.5. The van der Waals surface area contributed by atoms with Crippen molar-refractivity contribution in [3.63, 3.8) is 0 Å². The van der Waals surface area contributed by atoms with Gasteiger partial charge in [0.05, 0.1) is 42.9 Å². The molecule has 2 aliphatic rings. The maximum atomic E-state index is 13.2. The summed E-state index contributed by atoms with van der Waals surface area (Å²) < 4.78 is 11.1. The van der Waals surface area contributed by atoms with Crippen LogP contribution in [0.2, 0.25) is 5.02 Å². The molecule has 2 heterocycles. The Labute approximate surface area is 197 Å². The number of nitriles is 1. The molecule has 0 N–H and O–H groups in total. The maximum absolute atomic E-state index is 13.2. The largest absolute Gasteiger partial charge is 0.493 e. The van der Waals surface area contributed by atoms with Gasteiger partial charge in [-0.2, -0.15) is 5.26 Å². The van der Waals surface area contributed by atoms with Crippen LogP contribution in [-0.4, -0.2) is 37.1 Å². The van der Waals surface area contributed by atoms with Crippen molar-refractivity contribution < 1.29 is 14.3 Å². The number of thioether (sulfide) groups is 1. The number of nitrogens with zero attached hydrogens (tertiary/aromatic N) is 3. The van der Waals surface area contributed by atoms with Crippen molar-refractivity contribution in [3.8, 4) is 17.6 Å². The van der Waals surface area contributed by atoms with E-state index >= 15 is 0 Å². The van der Waals surface area contributed by atoms with Crippen molar-refractivity contribution >= 4 is 35.0 Å². The molecule has 1 amide bonds. The Balaban J connectivity index is 1.65. The lowest BCUT2D eigenvalue weighted by Gasteiger charge is -2.42. The zero-order valence-corrected chi connectivity index (χ0v) is 19.8. The van der Waals surface area contributed by atoms with Crippen LogP contribution in [0.4, 0.5) is 5.69 Å². The Morgan fingerprint density at radius 3 is 2.75 bits per heavy atom. The van der Waals surface area contributed by atoms with E-state index in [4.69, 9.17) is 21.1 Å². The highest BCUT2D eigenvalue weighted by atomic mass is 35.5. The van der Waals surface area contributed by atoms with Gasteiger partial charge in [0.25, 0.3) is 0 Å². The molecule has 0 unspecified atom stereocenters. The minimum absolute atomic E-state index is 0.00717. The van der Waals surface area contributed by atoms with Gasteiger partial charge in [-0.25, -0.2) is 0 Å². The number of rotatable bonds is 5. The Morgan fingerprint density at radius 2 is 2.06 bits per heavy atom. The van der Waals surface area contributed by atoms with E-state index in [0.29, 0.717) is 41.2 Å². The monoisotopic (exact) mass is 469 g/mol. The summed E-state index contributed by atoms with van der Waals surface area (Å²) in [6.45, 7) is 4.79. The fourth-order valence-corrected chi connectivity index (χ4v) is 5.31.